The summed E-state index contributed by atoms with van der Waals surface area (Å²) in [6, 6.07) is 11.2. The third kappa shape index (κ3) is 3.64. The molecule has 22 heavy (non-hydrogen) atoms. The number of anilines is 1. The molecule has 1 aromatic carbocycles. The van der Waals surface area contributed by atoms with Crippen LogP contribution in [0.15, 0.2) is 30.3 Å². The van der Waals surface area contributed by atoms with Crippen molar-refractivity contribution in [3.05, 3.63) is 30.3 Å². The molecule has 1 aromatic rings. The summed E-state index contributed by atoms with van der Waals surface area (Å²) < 4.78 is 0. The molecule has 3 rings (SSSR count). The van der Waals surface area contributed by atoms with Gasteiger partial charge >= 0.3 is 0 Å². The predicted molar refractivity (Wildman–Crippen MR) is 92.3 cm³/mol. The number of hydrogen-bond acceptors (Lipinski definition) is 3. The topological polar surface area (TPSA) is 26.7 Å². The second-order valence-corrected chi connectivity index (χ2v) is 7.44. The van der Waals surface area contributed by atoms with Gasteiger partial charge in [-0.3, -0.25) is 4.90 Å². The summed E-state index contributed by atoms with van der Waals surface area (Å²) in [5, 5.41) is 9.62. The zero-order chi connectivity index (χ0) is 15.4. The fourth-order valence-corrected chi connectivity index (χ4v) is 4.07. The summed E-state index contributed by atoms with van der Waals surface area (Å²) in [6.07, 6.45) is 6.23. The van der Waals surface area contributed by atoms with Crippen molar-refractivity contribution in [1.29, 1.82) is 0 Å². The van der Waals surface area contributed by atoms with Gasteiger partial charge in [0.05, 0.1) is 6.61 Å². The van der Waals surface area contributed by atoms with Crippen LogP contribution in [0.1, 0.15) is 39.0 Å². The fraction of sp³-hybridized carbons (Fsp3) is 0.684. The molecule has 3 heteroatoms. The van der Waals surface area contributed by atoms with E-state index in [4.69, 9.17) is 0 Å². The summed E-state index contributed by atoms with van der Waals surface area (Å²) >= 11 is 0. The smallest absolute Gasteiger partial charge is 0.0586 e. The van der Waals surface area contributed by atoms with Crippen LogP contribution in [0.4, 0.5) is 5.69 Å². The molecule has 2 aliphatic rings. The van der Waals surface area contributed by atoms with Crippen molar-refractivity contribution in [2.75, 3.05) is 37.7 Å². The largest absolute Gasteiger partial charge is 0.395 e. The Kier molecular flexibility index (Phi) is 5.04. The van der Waals surface area contributed by atoms with Crippen molar-refractivity contribution in [2.24, 2.45) is 5.41 Å². The van der Waals surface area contributed by atoms with Gasteiger partial charge in [-0.2, -0.15) is 0 Å². The summed E-state index contributed by atoms with van der Waals surface area (Å²) in [7, 11) is 0. The molecule has 2 heterocycles. The molecule has 3 nitrogen and oxygen atoms in total. The van der Waals surface area contributed by atoms with E-state index in [1.165, 1.54) is 44.3 Å². The van der Waals surface area contributed by atoms with Gasteiger partial charge in [-0.25, -0.2) is 0 Å². The van der Waals surface area contributed by atoms with E-state index < -0.39 is 0 Å². The Balaban J connectivity index is 1.57. The number of benzene rings is 1. The molecule has 1 N–H and O–H groups in total. The van der Waals surface area contributed by atoms with E-state index in [2.05, 4.69) is 47.1 Å². The quantitative estimate of drug-likeness (QED) is 0.925. The second kappa shape index (κ2) is 7.01. The first-order valence-corrected chi connectivity index (χ1v) is 8.85. The van der Waals surface area contributed by atoms with E-state index in [0.29, 0.717) is 18.1 Å². The number of nitrogens with zero attached hydrogens (tertiary/aromatic N) is 2. The number of rotatable bonds is 4. The van der Waals surface area contributed by atoms with Crippen LogP contribution in [0, 0.1) is 5.41 Å². The van der Waals surface area contributed by atoms with Crippen LogP contribution < -0.4 is 4.90 Å². The van der Waals surface area contributed by atoms with Gasteiger partial charge in [0.25, 0.3) is 0 Å². The number of aliphatic hydroxyl groups is 1. The van der Waals surface area contributed by atoms with Crippen molar-refractivity contribution in [1.82, 2.24) is 4.90 Å². The van der Waals surface area contributed by atoms with Crippen molar-refractivity contribution in [2.45, 2.75) is 45.1 Å². The maximum Gasteiger partial charge on any atom is 0.0586 e. The predicted octanol–water partition coefficient (Wildman–Crippen LogP) is 3.14. The first-order chi connectivity index (χ1) is 10.7. The maximum absolute atomic E-state index is 9.62. The summed E-state index contributed by atoms with van der Waals surface area (Å²) in [6.45, 7) is 7.39. The van der Waals surface area contributed by atoms with Gasteiger partial charge in [0, 0.05) is 31.4 Å². The number of piperidine rings is 2. The highest BCUT2D eigenvalue weighted by molar-refractivity contribution is 5.46. The van der Waals surface area contributed by atoms with Crippen molar-refractivity contribution in [3.8, 4) is 0 Å². The van der Waals surface area contributed by atoms with E-state index in [1.54, 1.807) is 0 Å². The van der Waals surface area contributed by atoms with Crippen molar-refractivity contribution >= 4 is 5.69 Å². The normalized spacial score (nSPS) is 26.1. The Bertz CT molecular complexity index is 454. The zero-order valence-corrected chi connectivity index (χ0v) is 13.9. The van der Waals surface area contributed by atoms with Crippen LogP contribution in [-0.2, 0) is 0 Å². The highest BCUT2D eigenvalue weighted by atomic mass is 16.3. The monoisotopic (exact) mass is 302 g/mol. The van der Waals surface area contributed by atoms with Gasteiger partial charge in [0.1, 0.15) is 0 Å². The van der Waals surface area contributed by atoms with Gasteiger partial charge in [-0.1, -0.05) is 31.5 Å². The maximum atomic E-state index is 9.62. The SMILES string of the molecule is CC1(CN2CCCC[C@H]2CO)CCN(c2ccccc2)CC1. The lowest BCUT2D eigenvalue weighted by Crippen LogP contribution is -2.50. The molecule has 2 fully saturated rings. The molecule has 0 bridgehead atoms. The van der Waals surface area contributed by atoms with Crippen LogP contribution >= 0.6 is 0 Å². The van der Waals surface area contributed by atoms with Gasteiger partial charge in [-0.15, -0.1) is 0 Å². The lowest BCUT2D eigenvalue weighted by Gasteiger charge is -2.45. The van der Waals surface area contributed by atoms with Crippen LogP contribution in [0.5, 0.6) is 0 Å². The average molecular weight is 302 g/mol. The van der Waals surface area contributed by atoms with Crippen molar-refractivity contribution in [3.63, 3.8) is 0 Å². The minimum atomic E-state index is 0.326. The lowest BCUT2D eigenvalue weighted by molar-refractivity contribution is 0.0440. The standard InChI is InChI=1S/C19H30N2O/c1-19(16-21-12-6-5-9-18(21)15-22)10-13-20(14-11-19)17-7-3-2-4-8-17/h2-4,7-8,18,22H,5-6,9-16H2,1H3/t18-/m0/s1. The van der Waals surface area contributed by atoms with Crippen LogP contribution in [0.25, 0.3) is 0 Å². The number of likely N-dealkylation sites (tertiary alicyclic amines) is 1. The molecule has 0 aliphatic carbocycles. The number of hydrogen-bond donors (Lipinski definition) is 1. The molecule has 0 amide bonds. The molecule has 1 atom stereocenters. The van der Waals surface area contributed by atoms with E-state index in [0.717, 1.165) is 19.6 Å². The molecule has 0 unspecified atom stereocenters. The van der Waals surface area contributed by atoms with Gasteiger partial charge in [-0.05, 0) is 49.8 Å². The molecule has 122 valence electrons. The zero-order valence-electron chi connectivity index (χ0n) is 13.9. The van der Waals surface area contributed by atoms with E-state index in [-0.39, 0.29) is 0 Å². The number of para-hydroxylation sites is 1. The molecule has 0 saturated carbocycles. The van der Waals surface area contributed by atoms with Gasteiger partial charge in [0.2, 0.25) is 0 Å². The Morgan fingerprint density at radius 2 is 1.82 bits per heavy atom. The molecular weight excluding hydrogens is 272 g/mol. The van der Waals surface area contributed by atoms with E-state index in [9.17, 15) is 5.11 Å². The Morgan fingerprint density at radius 3 is 2.50 bits per heavy atom. The Morgan fingerprint density at radius 1 is 1.09 bits per heavy atom. The first kappa shape index (κ1) is 15.8. The van der Waals surface area contributed by atoms with Gasteiger partial charge < -0.3 is 10.0 Å². The first-order valence-electron chi connectivity index (χ1n) is 8.85. The highest BCUT2D eigenvalue weighted by Crippen LogP contribution is 2.35. The molecule has 0 aromatic heterocycles. The molecule has 0 radical (unpaired) electrons. The van der Waals surface area contributed by atoms with Crippen molar-refractivity contribution < 1.29 is 5.11 Å². The average Bonchev–Trinajstić information content (AvgIpc) is 2.56. The molecule has 2 saturated heterocycles. The van der Waals surface area contributed by atoms with Gasteiger partial charge in [0.15, 0.2) is 0 Å². The minimum absolute atomic E-state index is 0.326. The van der Waals surface area contributed by atoms with Crippen LogP contribution in [0.3, 0.4) is 0 Å². The molecule has 0 spiro atoms. The Hall–Kier alpha value is -1.06. The second-order valence-electron chi connectivity index (χ2n) is 7.44. The van der Waals surface area contributed by atoms with Crippen LogP contribution in [0.2, 0.25) is 0 Å². The molecule has 2 aliphatic heterocycles. The highest BCUT2D eigenvalue weighted by Gasteiger charge is 2.34. The summed E-state index contributed by atoms with van der Waals surface area (Å²) in [4.78, 5) is 5.07. The fourth-order valence-electron chi connectivity index (χ4n) is 4.07. The Labute approximate surface area is 134 Å². The third-order valence-electron chi connectivity index (χ3n) is 5.64. The lowest BCUT2D eigenvalue weighted by atomic mass is 9.79. The van der Waals surface area contributed by atoms with E-state index in [1.807, 2.05) is 0 Å². The summed E-state index contributed by atoms with van der Waals surface area (Å²) in [5.41, 5.74) is 1.76. The van der Waals surface area contributed by atoms with Crippen LogP contribution in [-0.4, -0.2) is 48.8 Å². The summed E-state index contributed by atoms with van der Waals surface area (Å²) in [5.74, 6) is 0. The molecular formula is C19H30N2O. The van der Waals surface area contributed by atoms with E-state index >= 15 is 0 Å². The minimum Gasteiger partial charge on any atom is -0.395 e. The third-order valence-corrected chi connectivity index (χ3v) is 5.64. The number of aliphatic hydroxyl groups excluding tert-OH is 1.